The molecule has 2 aromatic carbocycles. The SMILES string of the molecule is CN1CCN(c2cccc3nc(CNC(=O)OCc4ccccc4)n(C)c23)CC1. The lowest BCUT2D eigenvalue weighted by Crippen LogP contribution is -2.44. The van der Waals surface area contributed by atoms with E-state index in [2.05, 4.69) is 32.8 Å². The van der Waals surface area contributed by atoms with E-state index < -0.39 is 6.09 Å². The van der Waals surface area contributed by atoms with Gasteiger partial charge in [0, 0.05) is 33.2 Å². The van der Waals surface area contributed by atoms with Gasteiger partial charge in [-0.1, -0.05) is 36.4 Å². The molecule has 1 aliphatic heterocycles. The van der Waals surface area contributed by atoms with E-state index in [4.69, 9.17) is 9.72 Å². The van der Waals surface area contributed by atoms with Gasteiger partial charge in [-0.3, -0.25) is 0 Å². The summed E-state index contributed by atoms with van der Waals surface area (Å²) >= 11 is 0. The molecule has 1 aromatic heterocycles. The smallest absolute Gasteiger partial charge is 0.407 e. The van der Waals surface area contributed by atoms with Crippen molar-refractivity contribution in [3.05, 3.63) is 59.9 Å². The fourth-order valence-electron chi connectivity index (χ4n) is 3.68. The first-order chi connectivity index (χ1) is 14.1. The molecule has 1 amide bonds. The Kier molecular flexibility index (Phi) is 5.67. The van der Waals surface area contributed by atoms with Crippen LogP contribution in [0.2, 0.25) is 0 Å². The van der Waals surface area contributed by atoms with Crippen molar-refractivity contribution in [1.82, 2.24) is 19.8 Å². The standard InChI is InChI=1S/C22H27N5O2/c1-25-11-13-27(14-12-25)19-10-6-9-18-21(19)26(2)20(24-18)15-23-22(28)29-16-17-7-4-3-5-8-17/h3-10H,11-16H2,1-2H3,(H,23,28). The van der Waals surface area contributed by atoms with Gasteiger partial charge in [-0.2, -0.15) is 0 Å². The molecule has 0 saturated carbocycles. The number of carbonyl (C=O) groups is 1. The zero-order chi connectivity index (χ0) is 20.2. The van der Waals surface area contributed by atoms with Crippen LogP contribution in [-0.2, 0) is 24.9 Å². The van der Waals surface area contributed by atoms with Crippen LogP contribution in [0.1, 0.15) is 11.4 Å². The Morgan fingerprint density at radius 3 is 2.55 bits per heavy atom. The maximum absolute atomic E-state index is 12.1. The average Bonchev–Trinajstić information content (AvgIpc) is 3.08. The van der Waals surface area contributed by atoms with Gasteiger partial charge < -0.3 is 24.4 Å². The normalized spacial score (nSPS) is 14.9. The Morgan fingerprint density at radius 1 is 1.03 bits per heavy atom. The van der Waals surface area contributed by atoms with Crippen molar-refractivity contribution in [3.63, 3.8) is 0 Å². The number of alkyl carbamates (subject to hydrolysis) is 1. The molecular formula is C22H27N5O2. The number of nitrogens with zero attached hydrogens (tertiary/aromatic N) is 4. The number of aryl methyl sites for hydroxylation is 1. The number of imidazole rings is 1. The van der Waals surface area contributed by atoms with Gasteiger partial charge in [0.25, 0.3) is 0 Å². The van der Waals surface area contributed by atoms with Crippen molar-refractivity contribution in [2.24, 2.45) is 7.05 Å². The van der Waals surface area contributed by atoms with Gasteiger partial charge in [0.1, 0.15) is 12.4 Å². The molecule has 7 nitrogen and oxygen atoms in total. The second-order valence-electron chi connectivity index (χ2n) is 7.44. The summed E-state index contributed by atoms with van der Waals surface area (Å²) in [5.41, 5.74) is 4.20. The second-order valence-corrected chi connectivity index (χ2v) is 7.44. The number of para-hydroxylation sites is 1. The third-order valence-corrected chi connectivity index (χ3v) is 5.41. The van der Waals surface area contributed by atoms with Crippen LogP contribution in [0.15, 0.2) is 48.5 Å². The summed E-state index contributed by atoms with van der Waals surface area (Å²) in [7, 11) is 4.16. The summed E-state index contributed by atoms with van der Waals surface area (Å²) in [6.45, 7) is 4.68. The number of anilines is 1. The number of benzene rings is 2. The maximum atomic E-state index is 12.1. The molecule has 0 unspecified atom stereocenters. The molecule has 4 rings (SSSR count). The number of hydrogen-bond acceptors (Lipinski definition) is 5. The minimum absolute atomic E-state index is 0.253. The molecule has 29 heavy (non-hydrogen) atoms. The molecule has 1 fully saturated rings. The van der Waals surface area contributed by atoms with Gasteiger partial charge in [0.05, 0.1) is 23.3 Å². The number of ether oxygens (including phenoxy) is 1. The van der Waals surface area contributed by atoms with E-state index in [1.165, 1.54) is 5.69 Å². The first-order valence-corrected chi connectivity index (χ1v) is 9.94. The predicted molar refractivity (Wildman–Crippen MR) is 114 cm³/mol. The number of amides is 1. The molecule has 0 atom stereocenters. The van der Waals surface area contributed by atoms with E-state index in [1.807, 2.05) is 49.5 Å². The number of rotatable bonds is 5. The molecule has 0 spiro atoms. The Bertz CT molecular complexity index is 978. The first kappa shape index (κ1) is 19.3. The van der Waals surface area contributed by atoms with Crippen LogP contribution in [0.4, 0.5) is 10.5 Å². The van der Waals surface area contributed by atoms with Crippen molar-refractivity contribution < 1.29 is 9.53 Å². The number of piperazine rings is 1. The lowest BCUT2D eigenvalue weighted by Gasteiger charge is -2.34. The lowest BCUT2D eigenvalue weighted by atomic mass is 10.2. The second kappa shape index (κ2) is 8.53. The maximum Gasteiger partial charge on any atom is 0.407 e. The largest absolute Gasteiger partial charge is 0.445 e. The summed E-state index contributed by atoms with van der Waals surface area (Å²) in [5, 5.41) is 2.81. The third-order valence-electron chi connectivity index (χ3n) is 5.41. The predicted octanol–water partition coefficient (Wildman–Crippen LogP) is 2.75. The summed E-state index contributed by atoms with van der Waals surface area (Å²) in [6, 6.07) is 15.9. The number of nitrogens with one attached hydrogen (secondary N) is 1. The molecule has 0 bridgehead atoms. The Labute approximate surface area is 170 Å². The molecule has 0 aliphatic carbocycles. The van der Waals surface area contributed by atoms with Crippen LogP contribution in [0.25, 0.3) is 11.0 Å². The van der Waals surface area contributed by atoms with Crippen LogP contribution < -0.4 is 10.2 Å². The number of fused-ring (bicyclic) bond motifs is 1. The van der Waals surface area contributed by atoms with Crippen LogP contribution in [0.3, 0.4) is 0 Å². The summed E-state index contributed by atoms with van der Waals surface area (Å²) in [5.74, 6) is 0.804. The summed E-state index contributed by atoms with van der Waals surface area (Å²) < 4.78 is 7.36. The molecule has 152 valence electrons. The van der Waals surface area contributed by atoms with Crippen molar-refractivity contribution in [2.75, 3.05) is 38.1 Å². The van der Waals surface area contributed by atoms with E-state index in [1.54, 1.807) is 0 Å². The van der Waals surface area contributed by atoms with Gasteiger partial charge in [-0.05, 0) is 24.7 Å². The van der Waals surface area contributed by atoms with Crippen molar-refractivity contribution >= 4 is 22.8 Å². The molecule has 1 aliphatic rings. The van der Waals surface area contributed by atoms with E-state index in [9.17, 15) is 4.79 Å². The molecule has 3 aromatic rings. The van der Waals surface area contributed by atoms with Crippen LogP contribution in [0.5, 0.6) is 0 Å². The van der Waals surface area contributed by atoms with E-state index in [0.717, 1.165) is 48.6 Å². The fourth-order valence-corrected chi connectivity index (χ4v) is 3.68. The highest BCUT2D eigenvalue weighted by Gasteiger charge is 2.19. The van der Waals surface area contributed by atoms with Crippen molar-refractivity contribution in [2.45, 2.75) is 13.2 Å². The fraction of sp³-hybridized carbons (Fsp3) is 0.364. The Hall–Kier alpha value is -3.06. The molecule has 0 radical (unpaired) electrons. The van der Waals surface area contributed by atoms with Gasteiger partial charge in [0.2, 0.25) is 0 Å². The topological polar surface area (TPSA) is 62.6 Å². The monoisotopic (exact) mass is 393 g/mol. The minimum Gasteiger partial charge on any atom is -0.445 e. The van der Waals surface area contributed by atoms with Crippen LogP contribution >= 0.6 is 0 Å². The van der Waals surface area contributed by atoms with Gasteiger partial charge in [-0.15, -0.1) is 0 Å². The molecule has 1 saturated heterocycles. The number of likely N-dealkylation sites (N-methyl/N-ethyl adjacent to an activating group) is 1. The highest BCUT2D eigenvalue weighted by Crippen LogP contribution is 2.28. The molecule has 7 heteroatoms. The number of aromatic nitrogens is 2. The highest BCUT2D eigenvalue weighted by molar-refractivity contribution is 5.89. The zero-order valence-electron chi connectivity index (χ0n) is 17.0. The average molecular weight is 393 g/mol. The summed E-state index contributed by atoms with van der Waals surface area (Å²) in [4.78, 5) is 21.6. The molecule has 1 N–H and O–H groups in total. The van der Waals surface area contributed by atoms with Gasteiger partial charge >= 0.3 is 6.09 Å². The zero-order valence-corrected chi connectivity index (χ0v) is 17.0. The van der Waals surface area contributed by atoms with Gasteiger partial charge in [0.15, 0.2) is 0 Å². The quantitative estimate of drug-likeness (QED) is 0.722. The summed E-state index contributed by atoms with van der Waals surface area (Å²) in [6.07, 6.45) is -0.444. The number of hydrogen-bond donors (Lipinski definition) is 1. The molecule has 2 heterocycles. The van der Waals surface area contributed by atoms with Crippen LogP contribution in [0, 0.1) is 0 Å². The lowest BCUT2D eigenvalue weighted by molar-refractivity contribution is 0.139. The van der Waals surface area contributed by atoms with Crippen LogP contribution in [-0.4, -0.2) is 53.8 Å². The Balaban J connectivity index is 1.43. The highest BCUT2D eigenvalue weighted by atomic mass is 16.5. The van der Waals surface area contributed by atoms with Gasteiger partial charge in [-0.25, -0.2) is 9.78 Å². The van der Waals surface area contributed by atoms with Crippen molar-refractivity contribution in [3.8, 4) is 0 Å². The molecular weight excluding hydrogens is 366 g/mol. The van der Waals surface area contributed by atoms with E-state index >= 15 is 0 Å². The van der Waals surface area contributed by atoms with E-state index in [-0.39, 0.29) is 6.61 Å². The first-order valence-electron chi connectivity index (χ1n) is 9.94. The minimum atomic E-state index is -0.444. The number of carbonyl (C=O) groups excluding carboxylic acids is 1. The van der Waals surface area contributed by atoms with Crippen molar-refractivity contribution in [1.29, 1.82) is 0 Å². The Morgan fingerprint density at radius 2 is 1.79 bits per heavy atom. The van der Waals surface area contributed by atoms with E-state index in [0.29, 0.717) is 6.54 Å². The third kappa shape index (κ3) is 4.35.